The summed E-state index contributed by atoms with van der Waals surface area (Å²) in [6.45, 7) is 11.4. The van der Waals surface area contributed by atoms with E-state index >= 15 is 0 Å². The van der Waals surface area contributed by atoms with Crippen molar-refractivity contribution in [2.24, 2.45) is 0 Å². The number of esters is 1. The number of carbonyl (C=O) groups excluding carboxylic acids is 4. The highest BCUT2D eigenvalue weighted by molar-refractivity contribution is 7.80. The molecule has 2 atom stereocenters. The first-order chi connectivity index (χ1) is 16.9. The lowest BCUT2D eigenvalue weighted by Crippen LogP contribution is -2.54. The van der Waals surface area contributed by atoms with Crippen molar-refractivity contribution in [1.29, 1.82) is 0 Å². The number of ether oxygens (including phenoxy) is 2. The van der Waals surface area contributed by atoms with Crippen molar-refractivity contribution >= 4 is 36.5 Å². The molecular weight excluding hydrogens is 482 g/mol. The molecule has 0 bridgehead atoms. The Morgan fingerprint density at radius 2 is 1.83 bits per heavy atom. The maximum Gasteiger partial charge on any atom is 0.408 e. The second-order valence-corrected chi connectivity index (χ2v) is 9.79. The fourth-order valence-corrected chi connectivity index (χ4v) is 3.71. The van der Waals surface area contributed by atoms with Crippen molar-refractivity contribution in [3.05, 3.63) is 35.4 Å². The molecule has 0 aromatic heterocycles. The zero-order chi connectivity index (χ0) is 27.3. The third-order valence-corrected chi connectivity index (χ3v) is 5.42. The van der Waals surface area contributed by atoms with Gasteiger partial charge in [-0.2, -0.15) is 12.6 Å². The normalized spacial score (nSPS) is 12.8. The fourth-order valence-electron chi connectivity index (χ4n) is 3.46. The van der Waals surface area contributed by atoms with Crippen LogP contribution in [-0.2, 0) is 23.9 Å². The Kier molecular flexibility index (Phi) is 13.4. The Labute approximate surface area is 220 Å². The maximum atomic E-state index is 13.7. The number of rotatable bonds is 13. The fraction of sp³-hybridized carbons (Fsp3) is 0.615. The van der Waals surface area contributed by atoms with Gasteiger partial charge in [0, 0.05) is 18.8 Å². The van der Waals surface area contributed by atoms with Crippen LogP contribution in [0.2, 0.25) is 0 Å². The molecule has 1 rings (SSSR count). The number of hydrogen-bond donors (Lipinski definition) is 3. The second kappa shape index (κ2) is 15.4. The first-order valence-corrected chi connectivity index (χ1v) is 13.0. The smallest absolute Gasteiger partial charge is 0.408 e. The number of nitrogens with zero attached hydrogens (tertiary/aromatic N) is 1. The van der Waals surface area contributed by atoms with E-state index in [-0.39, 0.29) is 25.3 Å². The van der Waals surface area contributed by atoms with Crippen molar-refractivity contribution in [2.75, 3.05) is 25.4 Å². The van der Waals surface area contributed by atoms with E-state index in [0.29, 0.717) is 18.5 Å². The molecule has 10 heteroatoms. The average Bonchev–Trinajstić information content (AvgIpc) is 2.78. The van der Waals surface area contributed by atoms with Gasteiger partial charge in [0.2, 0.25) is 11.8 Å². The number of amides is 3. The van der Waals surface area contributed by atoms with Crippen LogP contribution in [0.3, 0.4) is 0 Å². The molecule has 0 spiro atoms. The predicted molar refractivity (Wildman–Crippen MR) is 142 cm³/mol. The van der Waals surface area contributed by atoms with E-state index in [1.165, 1.54) is 4.90 Å². The number of hydrogen-bond acceptors (Lipinski definition) is 7. The van der Waals surface area contributed by atoms with Crippen LogP contribution in [-0.4, -0.2) is 65.9 Å². The summed E-state index contributed by atoms with van der Waals surface area (Å²) in [6.07, 6.45) is 0.717. The summed E-state index contributed by atoms with van der Waals surface area (Å²) in [5.41, 5.74) is 0.819. The van der Waals surface area contributed by atoms with Crippen LogP contribution in [0, 0.1) is 6.92 Å². The van der Waals surface area contributed by atoms with E-state index in [4.69, 9.17) is 9.47 Å². The molecule has 0 heterocycles. The number of benzene rings is 1. The molecule has 2 N–H and O–H groups in total. The third kappa shape index (κ3) is 10.9. The van der Waals surface area contributed by atoms with E-state index in [0.717, 1.165) is 12.0 Å². The van der Waals surface area contributed by atoms with Gasteiger partial charge in [-0.25, -0.2) is 4.79 Å². The maximum absolute atomic E-state index is 13.7. The summed E-state index contributed by atoms with van der Waals surface area (Å²) in [7, 11) is 0. The number of alkyl carbamates (subject to hydrolysis) is 1. The minimum atomic E-state index is -1.00. The van der Waals surface area contributed by atoms with Gasteiger partial charge in [-0.15, -0.1) is 0 Å². The Morgan fingerprint density at radius 1 is 1.14 bits per heavy atom. The molecule has 202 valence electrons. The van der Waals surface area contributed by atoms with Crippen LogP contribution in [0.5, 0.6) is 0 Å². The molecule has 0 saturated carbocycles. The summed E-state index contributed by atoms with van der Waals surface area (Å²) in [4.78, 5) is 52.7. The summed E-state index contributed by atoms with van der Waals surface area (Å²) in [5, 5.41) is 5.35. The molecule has 0 radical (unpaired) electrons. The van der Waals surface area contributed by atoms with Crippen molar-refractivity contribution in [3.63, 3.8) is 0 Å². The number of carbonyl (C=O) groups is 4. The highest BCUT2D eigenvalue weighted by Gasteiger charge is 2.35. The Balaban J connectivity index is 3.28. The van der Waals surface area contributed by atoms with Gasteiger partial charge in [-0.05, 0) is 46.6 Å². The zero-order valence-corrected chi connectivity index (χ0v) is 23.2. The van der Waals surface area contributed by atoms with Crippen molar-refractivity contribution < 1.29 is 28.7 Å². The van der Waals surface area contributed by atoms with Gasteiger partial charge in [0.25, 0.3) is 0 Å². The van der Waals surface area contributed by atoms with E-state index in [1.54, 1.807) is 33.8 Å². The molecule has 1 aromatic carbocycles. The minimum Gasteiger partial charge on any atom is -0.466 e. The standard InChI is InChI=1S/C26H41N3O6S/c1-7-9-15-29(24(32)20(17-36)28-25(33)35-26(4,5)6)22(19-12-10-11-18(3)16-19)23(31)27-14-13-21(30)34-8-2/h10-12,16,20,22,36H,7-9,13-15,17H2,1-6H3,(H,27,31)(H,28,33). The molecule has 0 fully saturated rings. The first kappa shape index (κ1) is 31.3. The van der Waals surface area contributed by atoms with Crippen LogP contribution < -0.4 is 10.6 Å². The predicted octanol–water partition coefficient (Wildman–Crippen LogP) is 3.56. The van der Waals surface area contributed by atoms with Crippen molar-refractivity contribution in [3.8, 4) is 0 Å². The molecule has 36 heavy (non-hydrogen) atoms. The van der Waals surface area contributed by atoms with Gasteiger partial charge >= 0.3 is 12.1 Å². The largest absolute Gasteiger partial charge is 0.466 e. The number of aryl methyl sites for hydroxylation is 1. The Hall–Kier alpha value is -2.75. The number of unbranched alkanes of at least 4 members (excludes halogenated alkanes) is 1. The van der Waals surface area contributed by atoms with Gasteiger partial charge in [0.15, 0.2) is 0 Å². The molecule has 0 aliphatic rings. The molecule has 1 aromatic rings. The summed E-state index contributed by atoms with van der Waals surface area (Å²) in [5.74, 6) is -1.27. The van der Waals surface area contributed by atoms with Crippen LogP contribution in [0.25, 0.3) is 0 Å². The van der Waals surface area contributed by atoms with E-state index in [2.05, 4.69) is 23.3 Å². The molecule has 3 amide bonds. The molecule has 2 unspecified atom stereocenters. The number of thiol groups is 1. The summed E-state index contributed by atoms with van der Waals surface area (Å²) < 4.78 is 10.2. The van der Waals surface area contributed by atoms with E-state index < -0.39 is 41.6 Å². The lowest BCUT2D eigenvalue weighted by molar-refractivity contribution is -0.144. The van der Waals surface area contributed by atoms with Crippen LogP contribution in [0.15, 0.2) is 24.3 Å². The lowest BCUT2D eigenvalue weighted by atomic mass is 10.0. The monoisotopic (exact) mass is 523 g/mol. The van der Waals surface area contributed by atoms with Crippen LogP contribution in [0.1, 0.15) is 71.0 Å². The van der Waals surface area contributed by atoms with Gasteiger partial charge in [-0.3, -0.25) is 14.4 Å². The summed E-state index contributed by atoms with van der Waals surface area (Å²) >= 11 is 4.28. The molecule has 0 aliphatic heterocycles. The Morgan fingerprint density at radius 3 is 2.39 bits per heavy atom. The van der Waals surface area contributed by atoms with Gasteiger partial charge in [-0.1, -0.05) is 43.2 Å². The third-order valence-electron chi connectivity index (χ3n) is 5.06. The topological polar surface area (TPSA) is 114 Å². The minimum absolute atomic E-state index is 0.0164. The molecule has 9 nitrogen and oxygen atoms in total. The molecule has 0 aliphatic carbocycles. The molecule has 0 saturated heterocycles. The Bertz CT molecular complexity index is 887. The molecular formula is C26H41N3O6S. The SMILES string of the molecule is CCCCN(C(=O)C(CS)NC(=O)OC(C)(C)C)C(C(=O)NCCC(=O)OCC)c1cccc(C)c1. The van der Waals surface area contributed by atoms with Gasteiger partial charge in [0.1, 0.15) is 17.7 Å². The van der Waals surface area contributed by atoms with Gasteiger partial charge in [0.05, 0.1) is 13.0 Å². The zero-order valence-electron chi connectivity index (χ0n) is 22.3. The average molecular weight is 524 g/mol. The quantitative estimate of drug-likeness (QED) is 0.269. The van der Waals surface area contributed by atoms with Crippen LogP contribution in [0.4, 0.5) is 4.79 Å². The second-order valence-electron chi connectivity index (χ2n) is 9.43. The summed E-state index contributed by atoms with van der Waals surface area (Å²) in [6, 6.07) is 5.39. The van der Waals surface area contributed by atoms with Crippen molar-refractivity contribution in [2.45, 2.75) is 78.5 Å². The van der Waals surface area contributed by atoms with Crippen molar-refractivity contribution in [1.82, 2.24) is 15.5 Å². The number of nitrogens with one attached hydrogen (secondary N) is 2. The highest BCUT2D eigenvalue weighted by atomic mass is 32.1. The van der Waals surface area contributed by atoms with E-state index in [9.17, 15) is 19.2 Å². The van der Waals surface area contributed by atoms with Crippen LogP contribution >= 0.6 is 12.6 Å². The lowest BCUT2D eigenvalue weighted by Gasteiger charge is -2.34. The highest BCUT2D eigenvalue weighted by Crippen LogP contribution is 2.24. The first-order valence-electron chi connectivity index (χ1n) is 12.3. The van der Waals surface area contributed by atoms with Gasteiger partial charge < -0.3 is 25.0 Å². The van der Waals surface area contributed by atoms with E-state index in [1.807, 2.05) is 32.0 Å².